The molecule has 4 nitrogen and oxygen atoms in total. The van der Waals surface area contributed by atoms with Crippen LogP contribution in [0.4, 0.5) is 0 Å². The zero-order valence-corrected chi connectivity index (χ0v) is 82.2. The Morgan fingerprint density at radius 2 is 0.328 bits per heavy atom. The van der Waals surface area contributed by atoms with Crippen LogP contribution in [0.25, 0.3) is 131 Å². The monoisotopic (exact) mass is 1720 g/mol. The second-order valence-corrected chi connectivity index (χ2v) is 35.1. The van der Waals surface area contributed by atoms with Crippen molar-refractivity contribution in [2.24, 2.45) is 0 Å². The van der Waals surface area contributed by atoms with E-state index in [9.17, 15) is 0 Å². The first-order valence-electron chi connectivity index (χ1n) is 48.4. The summed E-state index contributed by atoms with van der Waals surface area (Å²) in [6.07, 6.45) is 4.08. The second-order valence-electron chi connectivity index (χ2n) is 35.1. The number of hydrogen-bond acceptors (Lipinski definition) is 0. The average molecular weight is 1720 g/mol. The number of fused-ring (bicyclic) bond motifs is 16. The molecule has 21 rings (SSSR count). The fraction of sp³-hybridized carbons (Fsp3) is 0.244. The van der Waals surface area contributed by atoms with Crippen molar-refractivity contribution in [3.05, 3.63) is 430 Å². The molecule has 666 valence electrons. The molecule has 20 aromatic rings. The number of aryl methyl sites for hydroxylation is 8. The normalized spacial score (nSPS) is 15.3. The van der Waals surface area contributed by atoms with Crippen LogP contribution < -0.4 is 0 Å². The van der Waals surface area contributed by atoms with Crippen molar-refractivity contribution in [1.82, 2.24) is 19.9 Å². The molecule has 0 radical (unpaired) electrons. The third kappa shape index (κ3) is 18.8. The molecule has 2 unspecified atom stereocenters. The minimum atomic E-state index is -0.119. The van der Waals surface area contributed by atoms with Gasteiger partial charge < -0.3 is 19.9 Å². The number of aromatic nitrogens is 4. The first-order chi connectivity index (χ1) is 63.7. The highest BCUT2D eigenvalue weighted by Crippen LogP contribution is 2.47. The van der Waals surface area contributed by atoms with Gasteiger partial charge in [-0.25, -0.2) is 0 Å². The minimum Gasteiger partial charge on any atom is -0.361 e. The van der Waals surface area contributed by atoms with Crippen LogP contribution in [0.5, 0.6) is 0 Å². The molecule has 1 aliphatic rings. The molecule has 0 fully saturated rings. The van der Waals surface area contributed by atoms with Crippen molar-refractivity contribution in [2.45, 2.75) is 207 Å². The van der Waals surface area contributed by atoms with Crippen LogP contribution in [0.3, 0.4) is 0 Å². The lowest BCUT2D eigenvalue weighted by Gasteiger charge is -2.30. The number of H-pyrrole nitrogens is 4. The van der Waals surface area contributed by atoms with E-state index in [2.05, 4.69) is 464 Å². The molecule has 4 heteroatoms. The molecule has 8 bridgehead atoms. The van der Waals surface area contributed by atoms with Gasteiger partial charge in [-0.2, -0.15) is 0 Å². The van der Waals surface area contributed by atoms with Gasteiger partial charge in [-0.15, -0.1) is 0 Å². The predicted molar refractivity (Wildman–Crippen MR) is 576 cm³/mol. The maximum Gasteiger partial charge on any atom is 0.0473 e. The largest absolute Gasteiger partial charge is 0.361 e. The SMILES string of the molecule is CC.CC.CC.CC.CCC1c2ccc([nH]2)C(C)(CC)c2ccc([nH]2)C(C)(CC)c2ccc([nH]2)C(C)(CC)c2ccc1[nH]2.Cc1ccc2ccccc2c1-c1c(C)ccc2ccccc12.Cc1ccc2ccccc2c1-c1c(C)ccc2ccccc12.Cc1ccc2ccccc2c1-c1c(C)ccc2ccccc12.Cc1ccc2ccccc2c1-c1c(C)ccc2ccccc12. The molecule has 2 atom stereocenters. The fourth-order valence-electron chi connectivity index (χ4n) is 19.8. The second kappa shape index (κ2) is 42.5. The van der Waals surface area contributed by atoms with Gasteiger partial charge >= 0.3 is 0 Å². The highest BCUT2D eigenvalue weighted by Gasteiger charge is 2.38. The maximum absolute atomic E-state index is 3.89. The standard InChI is InChI=1S/C31H42N4.4C22H18.4C2H6/c1-8-20-21-12-14-23(32-21)29(5,9-2)25-16-18-27(34-25)31(7,11-4)28-19-17-26(35-28)30(6,10-3)24-15-13-22(20)33-24;4*1-15-11-13-17-7-3-5-9-19(17)21(15)22-16(2)12-14-18-8-4-6-10-20(18)22;4*1-2/h12-20,32-35H,8-11H2,1-7H3;4*3-14H,1-2H3;4*1-2H3. The van der Waals surface area contributed by atoms with Crippen LogP contribution >= 0.6 is 0 Å². The highest BCUT2D eigenvalue weighted by atomic mass is 14.9. The molecular weight excluding hydrogens is 1580 g/mol. The summed E-state index contributed by atoms with van der Waals surface area (Å²) in [4.78, 5) is 15.5. The smallest absolute Gasteiger partial charge is 0.0473 e. The van der Waals surface area contributed by atoms with Crippen molar-refractivity contribution >= 4 is 86.2 Å². The molecule has 0 saturated carbocycles. The van der Waals surface area contributed by atoms with E-state index in [4.69, 9.17) is 0 Å². The Morgan fingerprint density at radius 3 is 0.481 bits per heavy atom. The molecule has 4 aromatic heterocycles. The third-order valence-corrected chi connectivity index (χ3v) is 27.7. The van der Waals surface area contributed by atoms with Gasteiger partial charge in [0, 0.05) is 67.7 Å². The third-order valence-electron chi connectivity index (χ3n) is 27.7. The molecule has 0 spiro atoms. The van der Waals surface area contributed by atoms with E-state index in [1.54, 1.807) is 0 Å². The summed E-state index contributed by atoms with van der Waals surface area (Å²) in [5.41, 5.74) is 31.5. The Bertz CT molecular complexity index is 6210. The summed E-state index contributed by atoms with van der Waals surface area (Å²) < 4.78 is 0. The van der Waals surface area contributed by atoms with Crippen LogP contribution in [0.15, 0.2) is 340 Å². The molecule has 16 aromatic carbocycles. The van der Waals surface area contributed by atoms with E-state index < -0.39 is 0 Å². The summed E-state index contributed by atoms with van der Waals surface area (Å²) in [5.74, 6) is 0.314. The van der Waals surface area contributed by atoms with Crippen molar-refractivity contribution in [1.29, 1.82) is 0 Å². The lowest BCUT2D eigenvalue weighted by Crippen LogP contribution is -2.28. The quantitative estimate of drug-likeness (QED) is 0.117. The number of nitrogens with one attached hydrogen (secondary N) is 4. The number of hydrogen-bond donors (Lipinski definition) is 4. The van der Waals surface area contributed by atoms with Crippen LogP contribution in [0, 0.1) is 55.4 Å². The molecule has 5 heterocycles. The molecule has 1 aliphatic heterocycles. The van der Waals surface area contributed by atoms with Gasteiger partial charge in [-0.3, -0.25) is 0 Å². The van der Waals surface area contributed by atoms with Gasteiger partial charge in [-0.05, 0) is 326 Å². The van der Waals surface area contributed by atoms with E-state index in [-0.39, 0.29) is 16.2 Å². The van der Waals surface area contributed by atoms with Gasteiger partial charge in [0.2, 0.25) is 0 Å². The summed E-state index contributed by atoms with van der Waals surface area (Å²) in [5, 5.41) is 21.1. The highest BCUT2D eigenvalue weighted by molar-refractivity contribution is 6.12. The van der Waals surface area contributed by atoms with E-state index in [0.717, 1.165) is 25.7 Å². The van der Waals surface area contributed by atoms with Crippen LogP contribution in [-0.4, -0.2) is 19.9 Å². The Balaban J connectivity index is 0.000000138. The van der Waals surface area contributed by atoms with E-state index in [1.807, 2.05) is 55.4 Å². The van der Waals surface area contributed by atoms with E-state index >= 15 is 0 Å². The minimum absolute atomic E-state index is 0.108. The average Bonchev–Trinajstić information content (AvgIpc) is 1.73. The maximum atomic E-state index is 3.89. The van der Waals surface area contributed by atoms with E-state index in [1.165, 1.54) is 221 Å². The Morgan fingerprint density at radius 1 is 0.183 bits per heavy atom. The summed E-state index contributed by atoms with van der Waals surface area (Å²) in [7, 11) is 0. The van der Waals surface area contributed by atoms with Crippen molar-refractivity contribution in [3.63, 3.8) is 0 Å². The lowest BCUT2D eigenvalue weighted by molar-refractivity contribution is 0.486. The zero-order valence-electron chi connectivity index (χ0n) is 82.2. The van der Waals surface area contributed by atoms with Crippen molar-refractivity contribution in [2.75, 3.05) is 0 Å². The van der Waals surface area contributed by atoms with Crippen molar-refractivity contribution in [3.8, 4) is 44.5 Å². The Labute approximate surface area is 782 Å². The number of benzene rings is 16. The molecular formula is C127H138N4. The first-order valence-corrected chi connectivity index (χ1v) is 48.4. The van der Waals surface area contributed by atoms with Gasteiger partial charge in [0.25, 0.3) is 0 Å². The van der Waals surface area contributed by atoms with E-state index in [0.29, 0.717) is 5.92 Å². The summed E-state index contributed by atoms with van der Waals surface area (Å²) >= 11 is 0. The van der Waals surface area contributed by atoms with Crippen LogP contribution in [-0.2, 0) is 16.2 Å². The van der Waals surface area contributed by atoms with Gasteiger partial charge in [-0.1, -0.05) is 374 Å². The predicted octanol–water partition coefficient (Wildman–Crippen LogP) is 37.2. The zero-order chi connectivity index (χ0) is 93.4. The Hall–Kier alpha value is -13.3. The van der Waals surface area contributed by atoms with Gasteiger partial charge in [0.1, 0.15) is 0 Å². The van der Waals surface area contributed by atoms with Crippen LogP contribution in [0.2, 0.25) is 0 Å². The summed E-state index contributed by atoms with van der Waals surface area (Å²) in [6.45, 7) is 49.9. The molecule has 4 N–H and O–H groups in total. The molecule has 0 aliphatic carbocycles. The molecule has 0 saturated heterocycles. The molecule has 0 amide bonds. The van der Waals surface area contributed by atoms with Gasteiger partial charge in [0.15, 0.2) is 0 Å². The number of aromatic amines is 4. The van der Waals surface area contributed by atoms with Gasteiger partial charge in [0.05, 0.1) is 0 Å². The van der Waals surface area contributed by atoms with Crippen LogP contribution in [0.1, 0.15) is 226 Å². The van der Waals surface area contributed by atoms with Crippen molar-refractivity contribution < 1.29 is 0 Å². The topological polar surface area (TPSA) is 63.2 Å². The Kier molecular flexibility index (Phi) is 30.9. The summed E-state index contributed by atoms with van der Waals surface area (Å²) in [6, 6.07) is 123. The fourth-order valence-corrected chi connectivity index (χ4v) is 19.8. The molecule has 131 heavy (non-hydrogen) atoms. The first kappa shape index (κ1) is 95.3. The lowest BCUT2D eigenvalue weighted by atomic mass is 9.80. The number of rotatable bonds is 8.